The molecule has 1 aromatic heterocycles. The van der Waals surface area contributed by atoms with E-state index in [-0.39, 0.29) is 10.8 Å². The SMILES string of the molecule is CC(C)(C)c1sc(C(C)(C)C)c2ccccc12. The van der Waals surface area contributed by atoms with Gasteiger partial charge in [-0.25, -0.2) is 0 Å². The van der Waals surface area contributed by atoms with E-state index >= 15 is 0 Å². The predicted octanol–water partition coefficient (Wildman–Crippen LogP) is 5.50. The summed E-state index contributed by atoms with van der Waals surface area (Å²) in [6.07, 6.45) is 0. The molecule has 0 nitrogen and oxygen atoms in total. The third-order valence-electron chi connectivity index (χ3n) is 2.98. The Morgan fingerprint density at radius 3 is 1.35 bits per heavy atom. The van der Waals surface area contributed by atoms with Crippen molar-refractivity contribution in [2.24, 2.45) is 0 Å². The van der Waals surface area contributed by atoms with Crippen LogP contribution in [0.15, 0.2) is 24.3 Å². The molecule has 92 valence electrons. The minimum absolute atomic E-state index is 0.230. The zero-order chi connectivity index (χ0) is 12.8. The molecule has 0 spiro atoms. The highest BCUT2D eigenvalue weighted by Gasteiger charge is 2.26. The normalized spacial score (nSPS) is 13.3. The maximum absolute atomic E-state index is 2.30. The van der Waals surface area contributed by atoms with Gasteiger partial charge in [0.2, 0.25) is 0 Å². The van der Waals surface area contributed by atoms with Crippen molar-refractivity contribution in [3.8, 4) is 0 Å². The average molecular weight is 246 g/mol. The largest absolute Gasteiger partial charge is 0.143 e. The average Bonchev–Trinajstić information content (AvgIpc) is 2.55. The highest BCUT2D eigenvalue weighted by atomic mass is 32.1. The molecule has 0 fully saturated rings. The van der Waals surface area contributed by atoms with Crippen LogP contribution in [0.3, 0.4) is 0 Å². The number of fused-ring (bicyclic) bond motifs is 1. The van der Waals surface area contributed by atoms with Crippen LogP contribution in [-0.4, -0.2) is 0 Å². The third-order valence-corrected chi connectivity index (χ3v) is 5.06. The Bertz CT molecular complexity index is 485. The first-order valence-electron chi connectivity index (χ1n) is 6.24. The quantitative estimate of drug-likeness (QED) is 0.576. The summed E-state index contributed by atoms with van der Waals surface area (Å²) < 4.78 is 0. The summed E-state index contributed by atoms with van der Waals surface area (Å²) in [6.45, 7) is 13.8. The number of rotatable bonds is 0. The molecule has 1 heterocycles. The smallest absolute Gasteiger partial charge is 0.0180 e. The Morgan fingerprint density at radius 1 is 0.706 bits per heavy atom. The van der Waals surface area contributed by atoms with Crippen molar-refractivity contribution in [3.05, 3.63) is 34.0 Å². The summed E-state index contributed by atoms with van der Waals surface area (Å²) in [4.78, 5) is 3.02. The van der Waals surface area contributed by atoms with Gasteiger partial charge in [-0.05, 0) is 21.6 Å². The lowest BCUT2D eigenvalue weighted by atomic mass is 9.88. The predicted molar refractivity (Wildman–Crippen MR) is 79.2 cm³/mol. The van der Waals surface area contributed by atoms with Crippen LogP contribution >= 0.6 is 11.3 Å². The summed E-state index contributed by atoms with van der Waals surface area (Å²) in [7, 11) is 0. The topological polar surface area (TPSA) is 0 Å². The zero-order valence-corrected chi connectivity index (χ0v) is 12.5. The zero-order valence-electron chi connectivity index (χ0n) is 11.7. The second-order valence-corrected chi connectivity index (χ2v) is 7.83. The molecule has 0 amide bonds. The van der Waals surface area contributed by atoms with E-state index in [1.54, 1.807) is 0 Å². The van der Waals surface area contributed by atoms with Gasteiger partial charge in [0.05, 0.1) is 0 Å². The molecule has 0 radical (unpaired) electrons. The standard InChI is InChI=1S/C16H22S/c1-15(2,3)13-11-9-7-8-10-12(11)14(17-13)16(4,5)6/h7-10H,1-6H3. The van der Waals surface area contributed by atoms with Gasteiger partial charge in [0, 0.05) is 9.75 Å². The molecule has 0 aliphatic rings. The number of hydrogen-bond acceptors (Lipinski definition) is 1. The van der Waals surface area contributed by atoms with Crippen LogP contribution in [-0.2, 0) is 10.8 Å². The van der Waals surface area contributed by atoms with Gasteiger partial charge in [-0.15, -0.1) is 11.3 Å². The van der Waals surface area contributed by atoms with Gasteiger partial charge in [-0.3, -0.25) is 0 Å². The van der Waals surface area contributed by atoms with E-state index in [1.807, 2.05) is 11.3 Å². The minimum Gasteiger partial charge on any atom is -0.143 e. The Hall–Kier alpha value is -0.820. The molecular weight excluding hydrogens is 224 g/mol. The van der Waals surface area contributed by atoms with Crippen LogP contribution in [0.1, 0.15) is 51.3 Å². The van der Waals surface area contributed by atoms with Gasteiger partial charge < -0.3 is 0 Å². The molecule has 2 aromatic rings. The van der Waals surface area contributed by atoms with E-state index in [0.29, 0.717) is 0 Å². The number of hydrogen-bond donors (Lipinski definition) is 0. The van der Waals surface area contributed by atoms with Crippen LogP contribution in [0, 0.1) is 0 Å². The summed E-state index contributed by atoms with van der Waals surface area (Å²) in [6, 6.07) is 8.83. The van der Waals surface area contributed by atoms with Crippen molar-refractivity contribution in [1.29, 1.82) is 0 Å². The van der Waals surface area contributed by atoms with Gasteiger partial charge in [0.15, 0.2) is 0 Å². The van der Waals surface area contributed by atoms with Crippen LogP contribution < -0.4 is 0 Å². The lowest BCUT2D eigenvalue weighted by molar-refractivity contribution is 0.604. The molecule has 1 aromatic carbocycles. The van der Waals surface area contributed by atoms with Crippen LogP contribution in [0.5, 0.6) is 0 Å². The molecule has 0 bridgehead atoms. The monoisotopic (exact) mass is 246 g/mol. The van der Waals surface area contributed by atoms with E-state index < -0.39 is 0 Å². The molecular formula is C16H22S. The Kier molecular flexibility index (Phi) is 2.86. The Morgan fingerprint density at radius 2 is 1.06 bits per heavy atom. The molecule has 0 aliphatic carbocycles. The summed E-state index contributed by atoms with van der Waals surface area (Å²) >= 11 is 1.99. The van der Waals surface area contributed by atoms with Crippen LogP contribution in [0.2, 0.25) is 0 Å². The van der Waals surface area contributed by atoms with Crippen LogP contribution in [0.4, 0.5) is 0 Å². The van der Waals surface area contributed by atoms with Gasteiger partial charge in [0.1, 0.15) is 0 Å². The van der Waals surface area contributed by atoms with Crippen molar-refractivity contribution < 1.29 is 0 Å². The summed E-state index contributed by atoms with van der Waals surface area (Å²) in [5, 5.41) is 2.88. The van der Waals surface area contributed by atoms with Crippen molar-refractivity contribution in [2.75, 3.05) is 0 Å². The lowest BCUT2D eigenvalue weighted by Crippen LogP contribution is -2.10. The Balaban J connectivity index is 2.81. The number of thiophene rings is 1. The van der Waals surface area contributed by atoms with Gasteiger partial charge in [-0.2, -0.15) is 0 Å². The maximum Gasteiger partial charge on any atom is 0.0180 e. The second-order valence-electron chi connectivity index (χ2n) is 6.81. The highest BCUT2D eigenvalue weighted by Crippen LogP contribution is 2.43. The molecule has 1 heteroatoms. The van der Waals surface area contributed by atoms with E-state index in [9.17, 15) is 0 Å². The van der Waals surface area contributed by atoms with E-state index in [0.717, 1.165) is 0 Å². The lowest BCUT2D eigenvalue weighted by Gasteiger charge is -2.18. The van der Waals surface area contributed by atoms with E-state index in [4.69, 9.17) is 0 Å². The fourth-order valence-electron chi connectivity index (χ4n) is 2.21. The van der Waals surface area contributed by atoms with Crippen LogP contribution in [0.25, 0.3) is 10.8 Å². The van der Waals surface area contributed by atoms with Crippen molar-refractivity contribution in [3.63, 3.8) is 0 Å². The molecule has 0 N–H and O–H groups in total. The Labute approximate surface area is 109 Å². The third kappa shape index (κ3) is 2.26. The molecule has 0 atom stereocenters. The first kappa shape index (κ1) is 12.6. The molecule has 17 heavy (non-hydrogen) atoms. The first-order chi connectivity index (χ1) is 7.71. The molecule has 2 rings (SSSR count). The van der Waals surface area contributed by atoms with Crippen molar-refractivity contribution in [2.45, 2.75) is 52.4 Å². The molecule has 0 aliphatic heterocycles. The van der Waals surface area contributed by atoms with Gasteiger partial charge in [0.25, 0.3) is 0 Å². The fraction of sp³-hybridized carbons (Fsp3) is 0.500. The second kappa shape index (κ2) is 3.84. The molecule has 0 saturated carbocycles. The highest BCUT2D eigenvalue weighted by molar-refractivity contribution is 7.14. The molecule has 0 unspecified atom stereocenters. The van der Waals surface area contributed by atoms with E-state index in [2.05, 4.69) is 65.8 Å². The minimum atomic E-state index is 0.230. The summed E-state index contributed by atoms with van der Waals surface area (Å²) in [5.41, 5.74) is 0.460. The summed E-state index contributed by atoms with van der Waals surface area (Å²) in [5.74, 6) is 0. The first-order valence-corrected chi connectivity index (χ1v) is 7.05. The van der Waals surface area contributed by atoms with Gasteiger partial charge >= 0.3 is 0 Å². The fourth-order valence-corrected chi connectivity index (χ4v) is 3.60. The molecule has 0 saturated heterocycles. The maximum atomic E-state index is 2.30. The number of benzene rings is 1. The van der Waals surface area contributed by atoms with Crippen molar-refractivity contribution >= 4 is 22.1 Å². The van der Waals surface area contributed by atoms with Gasteiger partial charge in [-0.1, -0.05) is 65.8 Å². The van der Waals surface area contributed by atoms with E-state index in [1.165, 1.54) is 20.5 Å². The van der Waals surface area contributed by atoms with Crippen molar-refractivity contribution in [1.82, 2.24) is 0 Å².